The van der Waals surface area contributed by atoms with Crippen LogP contribution >= 0.6 is 0 Å². The van der Waals surface area contributed by atoms with E-state index in [2.05, 4.69) is 15.0 Å². The fraction of sp³-hybridized carbons (Fsp3) is 0.250. The number of nitrogens with one attached hydrogen (secondary N) is 1. The zero-order chi connectivity index (χ0) is 8.55. The van der Waals surface area contributed by atoms with E-state index in [0.717, 1.165) is 11.1 Å². The van der Waals surface area contributed by atoms with Gasteiger partial charge in [0.05, 0.1) is 19.0 Å². The van der Waals surface area contributed by atoms with Crippen molar-refractivity contribution in [2.75, 3.05) is 7.11 Å². The maximum absolute atomic E-state index is 5.01. The van der Waals surface area contributed by atoms with E-state index in [-0.39, 0.29) is 0 Å². The van der Waals surface area contributed by atoms with Crippen molar-refractivity contribution >= 4 is 11.2 Å². The van der Waals surface area contributed by atoms with Crippen molar-refractivity contribution in [1.29, 1.82) is 0 Å². The Morgan fingerprint density at radius 1 is 1.50 bits per heavy atom. The van der Waals surface area contributed by atoms with Gasteiger partial charge in [-0.3, -0.25) is 0 Å². The predicted octanol–water partition coefficient (Wildman–Crippen LogP) is 1.27. The maximum atomic E-state index is 5.01. The molecule has 0 aliphatic rings. The van der Waals surface area contributed by atoms with Crippen LogP contribution in [0.4, 0.5) is 0 Å². The van der Waals surface area contributed by atoms with E-state index in [1.165, 1.54) is 0 Å². The smallest absolute Gasteiger partial charge is 0.215 e. The van der Waals surface area contributed by atoms with Crippen molar-refractivity contribution in [3.8, 4) is 5.88 Å². The van der Waals surface area contributed by atoms with Crippen LogP contribution in [0.2, 0.25) is 0 Å². The predicted molar refractivity (Wildman–Crippen MR) is 45.2 cm³/mol. The molecule has 0 fully saturated rings. The first-order valence-electron chi connectivity index (χ1n) is 3.66. The second-order valence-electron chi connectivity index (χ2n) is 2.58. The zero-order valence-electron chi connectivity index (χ0n) is 6.96. The molecule has 0 amide bonds. The fourth-order valence-electron chi connectivity index (χ4n) is 1.16. The molecule has 4 heteroatoms. The molecule has 0 radical (unpaired) electrons. The van der Waals surface area contributed by atoms with Crippen molar-refractivity contribution < 1.29 is 4.74 Å². The summed E-state index contributed by atoms with van der Waals surface area (Å²) in [6.45, 7) is 1.99. The molecule has 62 valence electrons. The number of nitrogens with zero attached hydrogens (tertiary/aromatic N) is 2. The summed E-state index contributed by atoms with van der Waals surface area (Å²) in [6, 6.07) is 1.88. The van der Waals surface area contributed by atoms with Crippen molar-refractivity contribution in [2.24, 2.45) is 0 Å². The van der Waals surface area contributed by atoms with Crippen LogP contribution in [0.1, 0.15) is 5.56 Å². The van der Waals surface area contributed by atoms with Gasteiger partial charge < -0.3 is 9.72 Å². The van der Waals surface area contributed by atoms with Gasteiger partial charge in [-0.05, 0) is 12.5 Å². The summed E-state index contributed by atoms with van der Waals surface area (Å²) >= 11 is 0. The number of hydrogen-bond donors (Lipinski definition) is 1. The zero-order valence-corrected chi connectivity index (χ0v) is 6.96. The van der Waals surface area contributed by atoms with Gasteiger partial charge in [0.25, 0.3) is 0 Å². The van der Waals surface area contributed by atoms with E-state index in [0.29, 0.717) is 11.5 Å². The molecule has 0 spiro atoms. The molecule has 1 N–H and O–H groups in total. The van der Waals surface area contributed by atoms with E-state index >= 15 is 0 Å². The number of aromatic amines is 1. The SMILES string of the molecule is COc1cc(C)c2[nH]cnc2n1. The summed E-state index contributed by atoms with van der Waals surface area (Å²) in [7, 11) is 1.60. The molecule has 2 rings (SSSR count). The molecular weight excluding hydrogens is 154 g/mol. The van der Waals surface area contributed by atoms with Gasteiger partial charge >= 0.3 is 0 Å². The highest BCUT2D eigenvalue weighted by molar-refractivity contribution is 5.74. The molecule has 0 saturated heterocycles. The number of rotatable bonds is 1. The van der Waals surface area contributed by atoms with Gasteiger partial charge in [-0.2, -0.15) is 4.98 Å². The molecule has 2 aromatic heterocycles. The molecule has 0 saturated carbocycles. The summed E-state index contributed by atoms with van der Waals surface area (Å²) < 4.78 is 5.01. The molecule has 4 nitrogen and oxygen atoms in total. The van der Waals surface area contributed by atoms with Crippen molar-refractivity contribution in [2.45, 2.75) is 6.92 Å². The van der Waals surface area contributed by atoms with Crippen LogP contribution in [0.5, 0.6) is 5.88 Å². The average Bonchev–Trinajstić information content (AvgIpc) is 2.52. The van der Waals surface area contributed by atoms with E-state index in [1.54, 1.807) is 13.4 Å². The van der Waals surface area contributed by atoms with E-state index in [1.807, 2.05) is 13.0 Å². The van der Waals surface area contributed by atoms with Gasteiger partial charge in [-0.25, -0.2) is 4.98 Å². The van der Waals surface area contributed by atoms with Gasteiger partial charge in [0.15, 0.2) is 5.65 Å². The number of aromatic nitrogens is 3. The summed E-state index contributed by atoms with van der Waals surface area (Å²) in [4.78, 5) is 11.2. The van der Waals surface area contributed by atoms with Gasteiger partial charge in [-0.1, -0.05) is 0 Å². The van der Waals surface area contributed by atoms with Crippen LogP contribution < -0.4 is 4.74 Å². The Balaban J connectivity index is 2.75. The molecule has 12 heavy (non-hydrogen) atoms. The van der Waals surface area contributed by atoms with Crippen LogP contribution in [0.15, 0.2) is 12.4 Å². The monoisotopic (exact) mass is 163 g/mol. The highest BCUT2D eigenvalue weighted by atomic mass is 16.5. The van der Waals surface area contributed by atoms with Crippen LogP contribution in [0.3, 0.4) is 0 Å². The lowest BCUT2D eigenvalue weighted by Crippen LogP contribution is -1.89. The largest absolute Gasteiger partial charge is 0.481 e. The Bertz CT molecular complexity index is 408. The summed E-state index contributed by atoms with van der Waals surface area (Å²) in [5.74, 6) is 0.604. The van der Waals surface area contributed by atoms with Crippen molar-refractivity contribution in [1.82, 2.24) is 15.0 Å². The highest BCUT2D eigenvalue weighted by Gasteiger charge is 2.03. The standard InChI is InChI=1S/C8H9N3O/c1-5-3-6(12-2)11-8-7(5)9-4-10-8/h3-4H,1-2H3,(H,9,10,11). The highest BCUT2D eigenvalue weighted by Crippen LogP contribution is 2.17. The number of H-pyrrole nitrogens is 1. The molecule has 2 aromatic rings. The fourth-order valence-corrected chi connectivity index (χ4v) is 1.16. The Morgan fingerprint density at radius 2 is 2.33 bits per heavy atom. The molecule has 0 aliphatic heterocycles. The number of hydrogen-bond acceptors (Lipinski definition) is 3. The Kier molecular flexibility index (Phi) is 1.46. The molecule has 2 heterocycles. The normalized spacial score (nSPS) is 10.5. The molecule has 0 aromatic carbocycles. The number of fused-ring (bicyclic) bond motifs is 1. The van der Waals surface area contributed by atoms with Crippen LogP contribution in [-0.2, 0) is 0 Å². The number of aryl methyl sites for hydroxylation is 1. The first kappa shape index (κ1) is 7.09. The Hall–Kier alpha value is -1.58. The molecular formula is C8H9N3O. The summed E-state index contributed by atoms with van der Waals surface area (Å²) in [6.07, 6.45) is 1.63. The molecule has 0 aliphatic carbocycles. The summed E-state index contributed by atoms with van der Waals surface area (Å²) in [5.41, 5.74) is 2.76. The third-order valence-electron chi connectivity index (χ3n) is 1.78. The number of pyridine rings is 1. The third-order valence-corrected chi connectivity index (χ3v) is 1.78. The maximum Gasteiger partial charge on any atom is 0.215 e. The minimum Gasteiger partial charge on any atom is -0.481 e. The lowest BCUT2D eigenvalue weighted by molar-refractivity contribution is 0.399. The van der Waals surface area contributed by atoms with E-state index < -0.39 is 0 Å². The van der Waals surface area contributed by atoms with Gasteiger partial charge in [-0.15, -0.1) is 0 Å². The van der Waals surface area contributed by atoms with Crippen LogP contribution in [0, 0.1) is 6.92 Å². The van der Waals surface area contributed by atoms with Gasteiger partial charge in [0.1, 0.15) is 0 Å². The number of ether oxygens (including phenoxy) is 1. The average molecular weight is 163 g/mol. The first-order chi connectivity index (χ1) is 5.81. The quantitative estimate of drug-likeness (QED) is 0.688. The Labute approximate surface area is 69.6 Å². The lowest BCUT2D eigenvalue weighted by Gasteiger charge is -1.99. The second-order valence-corrected chi connectivity index (χ2v) is 2.58. The topological polar surface area (TPSA) is 50.8 Å². The minimum absolute atomic E-state index is 0.604. The molecule has 0 atom stereocenters. The van der Waals surface area contributed by atoms with Gasteiger partial charge in [0.2, 0.25) is 5.88 Å². The van der Waals surface area contributed by atoms with Gasteiger partial charge in [0, 0.05) is 6.07 Å². The lowest BCUT2D eigenvalue weighted by atomic mass is 10.3. The number of imidazole rings is 1. The molecule has 0 bridgehead atoms. The Morgan fingerprint density at radius 3 is 3.08 bits per heavy atom. The minimum atomic E-state index is 0.604. The van der Waals surface area contributed by atoms with E-state index in [9.17, 15) is 0 Å². The summed E-state index contributed by atoms with van der Waals surface area (Å²) in [5, 5.41) is 0. The number of methoxy groups -OCH3 is 1. The van der Waals surface area contributed by atoms with Crippen molar-refractivity contribution in [3.63, 3.8) is 0 Å². The van der Waals surface area contributed by atoms with Crippen LogP contribution in [0.25, 0.3) is 11.2 Å². The second kappa shape index (κ2) is 2.48. The van der Waals surface area contributed by atoms with E-state index in [4.69, 9.17) is 4.74 Å². The van der Waals surface area contributed by atoms with Crippen LogP contribution in [-0.4, -0.2) is 22.1 Å². The third kappa shape index (κ3) is 0.922. The first-order valence-corrected chi connectivity index (χ1v) is 3.66. The van der Waals surface area contributed by atoms with Crippen molar-refractivity contribution in [3.05, 3.63) is 18.0 Å². The molecule has 0 unspecified atom stereocenters.